The first-order chi connectivity index (χ1) is 8.81. The molecule has 1 aliphatic rings. The van der Waals surface area contributed by atoms with Gasteiger partial charge >= 0.3 is 0 Å². The average molecular weight is 323 g/mol. The fraction of sp³-hybridized carbons (Fsp3) is 0.357. The van der Waals surface area contributed by atoms with Crippen LogP contribution in [0.5, 0.6) is 0 Å². The first kappa shape index (κ1) is 12.3. The molecule has 18 heavy (non-hydrogen) atoms. The fourth-order valence-corrected chi connectivity index (χ4v) is 3.03. The maximum atomic E-state index is 4.47. The van der Waals surface area contributed by atoms with Gasteiger partial charge in [0, 0.05) is 34.7 Å². The van der Waals surface area contributed by atoms with E-state index in [0.717, 1.165) is 29.3 Å². The van der Waals surface area contributed by atoms with Crippen molar-refractivity contribution in [2.45, 2.75) is 32.0 Å². The molecule has 0 amide bonds. The lowest BCUT2D eigenvalue weighted by Crippen LogP contribution is -2.25. The summed E-state index contributed by atoms with van der Waals surface area (Å²) in [5, 5.41) is 2.15. The molecule has 2 heterocycles. The summed E-state index contributed by atoms with van der Waals surface area (Å²) in [5.74, 6) is 0. The van der Waals surface area contributed by atoms with Crippen molar-refractivity contribution in [1.29, 1.82) is 0 Å². The van der Waals surface area contributed by atoms with E-state index in [9.17, 15) is 0 Å². The molecule has 0 unspecified atom stereocenters. The predicted molar refractivity (Wildman–Crippen MR) is 78.5 cm³/mol. The lowest BCUT2D eigenvalue weighted by Gasteiger charge is -2.20. The van der Waals surface area contributed by atoms with Crippen LogP contribution in [0.15, 0.2) is 40.3 Å². The summed E-state index contributed by atoms with van der Waals surface area (Å²) in [4.78, 5) is 8.46. The number of hydrogen-bond acceptors (Lipinski definition) is 3. The molecule has 4 heteroatoms. The van der Waals surface area contributed by atoms with Gasteiger partial charge in [-0.15, -0.1) is 11.3 Å². The van der Waals surface area contributed by atoms with Gasteiger partial charge in [-0.05, 0) is 52.4 Å². The summed E-state index contributed by atoms with van der Waals surface area (Å²) < 4.78 is 1.04. The number of rotatable bonds is 5. The molecule has 2 aromatic heterocycles. The van der Waals surface area contributed by atoms with Gasteiger partial charge in [-0.1, -0.05) is 6.07 Å². The van der Waals surface area contributed by atoms with Gasteiger partial charge in [0.2, 0.25) is 0 Å². The van der Waals surface area contributed by atoms with Crippen LogP contribution < -0.4 is 0 Å². The van der Waals surface area contributed by atoms with E-state index in [1.165, 1.54) is 17.7 Å². The molecule has 1 saturated carbocycles. The van der Waals surface area contributed by atoms with Crippen LogP contribution in [0.3, 0.4) is 0 Å². The largest absolute Gasteiger partial charge is 0.289 e. The smallest absolute Gasteiger partial charge is 0.0545 e. The molecular weight excluding hydrogens is 308 g/mol. The molecule has 0 N–H and O–H groups in total. The zero-order valence-electron chi connectivity index (χ0n) is 10.1. The van der Waals surface area contributed by atoms with Crippen LogP contribution in [0.2, 0.25) is 0 Å². The van der Waals surface area contributed by atoms with Crippen molar-refractivity contribution >= 4 is 27.3 Å². The second-order valence-electron chi connectivity index (χ2n) is 4.68. The van der Waals surface area contributed by atoms with Gasteiger partial charge in [0.15, 0.2) is 0 Å². The molecule has 0 bridgehead atoms. The predicted octanol–water partition coefficient (Wildman–Crippen LogP) is 4.07. The highest BCUT2D eigenvalue weighted by molar-refractivity contribution is 9.10. The topological polar surface area (TPSA) is 16.1 Å². The van der Waals surface area contributed by atoms with Crippen molar-refractivity contribution in [1.82, 2.24) is 9.88 Å². The molecule has 2 nitrogen and oxygen atoms in total. The summed E-state index contributed by atoms with van der Waals surface area (Å²) >= 11 is 5.27. The molecule has 1 fully saturated rings. The molecule has 0 spiro atoms. The van der Waals surface area contributed by atoms with Crippen LogP contribution in [0.1, 0.15) is 23.4 Å². The van der Waals surface area contributed by atoms with E-state index in [2.05, 4.69) is 55.5 Å². The maximum Gasteiger partial charge on any atom is 0.0545 e. The van der Waals surface area contributed by atoms with Crippen molar-refractivity contribution in [3.8, 4) is 0 Å². The van der Waals surface area contributed by atoms with Gasteiger partial charge < -0.3 is 0 Å². The third-order valence-corrected chi connectivity index (χ3v) is 4.49. The highest BCUT2D eigenvalue weighted by Crippen LogP contribution is 2.30. The van der Waals surface area contributed by atoms with Crippen LogP contribution in [0.4, 0.5) is 0 Å². The number of hydrogen-bond donors (Lipinski definition) is 0. The Bertz CT molecular complexity index is 491. The van der Waals surface area contributed by atoms with Crippen molar-refractivity contribution in [2.24, 2.45) is 0 Å². The van der Waals surface area contributed by atoms with Crippen LogP contribution in [0, 0.1) is 0 Å². The minimum Gasteiger partial charge on any atom is -0.289 e. The molecule has 0 atom stereocenters. The third-order valence-electron chi connectivity index (χ3n) is 3.16. The van der Waals surface area contributed by atoms with Gasteiger partial charge in [-0.3, -0.25) is 9.88 Å². The Labute approximate surface area is 120 Å². The number of aromatic nitrogens is 1. The van der Waals surface area contributed by atoms with E-state index < -0.39 is 0 Å². The fourth-order valence-electron chi connectivity index (χ4n) is 2.06. The Morgan fingerprint density at radius 2 is 2.17 bits per heavy atom. The monoisotopic (exact) mass is 322 g/mol. The normalized spacial score (nSPS) is 15.2. The molecule has 3 rings (SSSR count). The van der Waals surface area contributed by atoms with E-state index in [1.54, 1.807) is 0 Å². The van der Waals surface area contributed by atoms with Crippen molar-refractivity contribution in [3.63, 3.8) is 0 Å². The SMILES string of the molecule is Brc1ccc(CN(Cc2cccs2)C2CC2)nc1. The molecule has 94 valence electrons. The number of thiophene rings is 1. The first-order valence-electron chi connectivity index (χ1n) is 6.18. The average Bonchev–Trinajstić information content (AvgIpc) is 3.10. The Morgan fingerprint density at radius 1 is 1.28 bits per heavy atom. The lowest BCUT2D eigenvalue weighted by molar-refractivity contribution is 0.245. The summed E-state index contributed by atoms with van der Waals surface area (Å²) in [5.41, 5.74) is 1.15. The maximum absolute atomic E-state index is 4.47. The van der Waals surface area contributed by atoms with Gasteiger partial charge in [0.25, 0.3) is 0 Å². The standard InChI is InChI=1S/C14H15BrN2S/c15-11-3-4-12(16-8-11)9-17(13-5-6-13)10-14-2-1-7-18-14/h1-4,7-8,13H,5-6,9-10H2. The van der Waals surface area contributed by atoms with Crippen molar-refractivity contribution in [2.75, 3.05) is 0 Å². The van der Waals surface area contributed by atoms with E-state index in [0.29, 0.717) is 0 Å². The molecule has 2 aromatic rings. The Morgan fingerprint density at radius 3 is 2.78 bits per heavy atom. The minimum absolute atomic E-state index is 0.762. The second kappa shape index (κ2) is 5.51. The number of nitrogens with zero attached hydrogens (tertiary/aromatic N) is 2. The summed E-state index contributed by atoms with van der Waals surface area (Å²) in [6, 6.07) is 9.28. The van der Waals surface area contributed by atoms with Crippen LogP contribution in [-0.2, 0) is 13.1 Å². The zero-order chi connectivity index (χ0) is 12.4. The second-order valence-corrected chi connectivity index (χ2v) is 6.63. The highest BCUT2D eigenvalue weighted by atomic mass is 79.9. The molecule has 0 radical (unpaired) electrons. The summed E-state index contributed by atoms with van der Waals surface area (Å²) in [6.45, 7) is 2.01. The van der Waals surface area contributed by atoms with Gasteiger partial charge in [-0.2, -0.15) is 0 Å². The molecule has 0 aliphatic heterocycles. The van der Waals surface area contributed by atoms with Crippen LogP contribution >= 0.6 is 27.3 Å². The van der Waals surface area contributed by atoms with Gasteiger partial charge in [0.1, 0.15) is 0 Å². The summed E-state index contributed by atoms with van der Waals surface area (Å²) in [7, 11) is 0. The Balaban J connectivity index is 1.68. The Hall–Kier alpha value is -0.710. The van der Waals surface area contributed by atoms with Crippen LogP contribution in [-0.4, -0.2) is 15.9 Å². The van der Waals surface area contributed by atoms with E-state index in [4.69, 9.17) is 0 Å². The van der Waals surface area contributed by atoms with E-state index >= 15 is 0 Å². The van der Waals surface area contributed by atoms with Crippen molar-refractivity contribution < 1.29 is 0 Å². The molecule has 0 saturated heterocycles. The highest BCUT2D eigenvalue weighted by Gasteiger charge is 2.29. The van der Waals surface area contributed by atoms with Crippen LogP contribution in [0.25, 0.3) is 0 Å². The number of pyridine rings is 1. The first-order valence-corrected chi connectivity index (χ1v) is 7.85. The lowest BCUT2D eigenvalue weighted by atomic mass is 10.3. The summed E-state index contributed by atoms with van der Waals surface area (Å²) in [6.07, 6.45) is 4.55. The minimum atomic E-state index is 0.762. The molecule has 1 aliphatic carbocycles. The number of halogens is 1. The molecular formula is C14H15BrN2S. The van der Waals surface area contributed by atoms with Crippen molar-refractivity contribution in [3.05, 3.63) is 50.9 Å². The van der Waals surface area contributed by atoms with Gasteiger partial charge in [-0.25, -0.2) is 0 Å². The molecule has 0 aromatic carbocycles. The third kappa shape index (κ3) is 3.19. The zero-order valence-corrected chi connectivity index (χ0v) is 12.5. The van der Waals surface area contributed by atoms with E-state index in [1.807, 2.05) is 17.5 Å². The Kier molecular flexibility index (Phi) is 3.77. The van der Waals surface area contributed by atoms with Gasteiger partial charge in [0.05, 0.1) is 5.69 Å². The van der Waals surface area contributed by atoms with E-state index in [-0.39, 0.29) is 0 Å². The quantitative estimate of drug-likeness (QED) is 0.824.